The van der Waals surface area contributed by atoms with Gasteiger partial charge in [0.1, 0.15) is 22.7 Å². The van der Waals surface area contributed by atoms with Gasteiger partial charge in [-0.25, -0.2) is 9.97 Å². The quantitative estimate of drug-likeness (QED) is 0.0918. The zero-order valence-electron chi connectivity index (χ0n) is 44.5. The van der Waals surface area contributed by atoms with Crippen molar-refractivity contribution < 1.29 is 23.9 Å². The van der Waals surface area contributed by atoms with Crippen LogP contribution in [0.15, 0.2) is 72.8 Å². The summed E-state index contributed by atoms with van der Waals surface area (Å²) in [4.78, 5) is 69.7. The van der Waals surface area contributed by atoms with Crippen LogP contribution in [0.4, 0.5) is 0 Å². The number of imidazole rings is 2. The summed E-state index contributed by atoms with van der Waals surface area (Å²) in [6, 6.07) is 21.0. The molecule has 5 fully saturated rings. The van der Waals surface area contributed by atoms with E-state index >= 15 is 0 Å². The van der Waals surface area contributed by atoms with Crippen LogP contribution >= 0.6 is 11.6 Å². The van der Waals surface area contributed by atoms with Crippen molar-refractivity contribution in [2.45, 2.75) is 134 Å². The number of alkyl halides is 1. The van der Waals surface area contributed by atoms with Crippen molar-refractivity contribution in [1.82, 2.24) is 35.5 Å². The van der Waals surface area contributed by atoms with E-state index in [9.17, 15) is 19.2 Å². The molecule has 4 aliphatic heterocycles. The molecule has 7 aliphatic rings. The number of halogens is 1. The maximum atomic E-state index is 13.3. The van der Waals surface area contributed by atoms with Crippen molar-refractivity contribution in [3.63, 3.8) is 0 Å². The summed E-state index contributed by atoms with van der Waals surface area (Å²) >= 11 is 5.78. The van der Waals surface area contributed by atoms with Gasteiger partial charge in [0.05, 0.1) is 34.6 Å². The van der Waals surface area contributed by atoms with Crippen LogP contribution in [0.5, 0.6) is 0 Å². The van der Waals surface area contributed by atoms with Crippen LogP contribution in [0.1, 0.15) is 197 Å². The van der Waals surface area contributed by atoms with Crippen molar-refractivity contribution in [3.8, 4) is 0 Å². The number of aromatic amines is 2. The number of fused-ring (bicyclic) bond motifs is 8. The Kier molecular flexibility index (Phi) is 18.7. The zero-order valence-corrected chi connectivity index (χ0v) is 45.3. The molecule has 402 valence electrons. The van der Waals surface area contributed by atoms with Crippen LogP contribution in [0, 0.1) is 23.7 Å². The molecule has 4 saturated heterocycles. The first-order valence-corrected chi connectivity index (χ1v) is 29.5. The third kappa shape index (κ3) is 13.0. The van der Waals surface area contributed by atoms with Gasteiger partial charge < -0.3 is 25.3 Å². The summed E-state index contributed by atoms with van der Waals surface area (Å²) in [5.74, 6) is 5.10. The number of aromatic nitrogens is 4. The molecular weight excluding hydrogens is 970 g/mol. The van der Waals surface area contributed by atoms with Crippen LogP contribution < -0.4 is 10.6 Å². The summed E-state index contributed by atoms with van der Waals surface area (Å²) in [7, 11) is 0. The normalized spacial score (nSPS) is 19.4. The first kappa shape index (κ1) is 54.0. The number of nitrogens with zero attached hydrogens (tertiary/aromatic N) is 3. The lowest BCUT2D eigenvalue weighted by atomic mass is 9.83. The predicted octanol–water partition coefficient (Wildman–Crippen LogP) is 12.3. The number of ketones is 4. The fourth-order valence-electron chi connectivity index (χ4n) is 12.9. The van der Waals surface area contributed by atoms with E-state index in [-0.39, 0.29) is 29.0 Å². The average molecular weight is 1050 g/mol. The molecule has 0 atom stereocenters. The summed E-state index contributed by atoms with van der Waals surface area (Å²) < 4.78 is 4.94. The molecule has 13 rings (SSSR count). The SMILES string of the molecule is C1CCC(CCCC2CCNCC2)CC1.C1CCOC1.O=C1c2ccccc2C(=O)c2c1ccc1[nH]c(CCl)nc21.O=C1c2ccccc2C(=O)c2c1ccc1[nH]c(CN3CCC(CCCC4CCNCC4)CC3)nc21. The summed E-state index contributed by atoms with van der Waals surface area (Å²) in [6.45, 7) is 9.89. The highest BCUT2D eigenvalue weighted by molar-refractivity contribution is 6.32. The molecule has 76 heavy (non-hydrogen) atoms. The van der Waals surface area contributed by atoms with Crippen LogP contribution in [0.2, 0.25) is 0 Å². The van der Waals surface area contributed by atoms with Gasteiger partial charge in [-0.15, -0.1) is 11.6 Å². The van der Waals surface area contributed by atoms with E-state index in [4.69, 9.17) is 21.3 Å². The number of nitrogens with one attached hydrogen (secondary N) is 4. The Morgan fingerprint density at radius 3 is 1.34 bits per heavy atom. The van der Waals surface area contributed by atoms with Gasteiger partial charge in [0, 0.05) is 46.6 Å². The number of hydrogen-bond donors (Lipinski definition) is 4. The van der Waals surface area contributed by atoms with Gasteiger partial charge in [0.2, 0.25) is 0 Å². The number of carbonyl (C=O) groups is 4. The predicted molar refractivity (Wildman–Crippen MR) is 302 cm³/mol. The molecule has 6 heterocycles. The van der Waals surface area contributed by atoms with E-state index in [1.165, 1.54) is 148 Å². The topological polar surface area (TPSA) is 162 Å². The van der Waals surface area contributed by atoms with Crippen LogP contribution in [-0.2, 0) is 17.2 Å². The molecule has 0 spiro atoms. The third-order valence-corrected chi connectivity index (χ3v) is 17.6. The Morgan fingerprint density at radius 1 is 0.474 bits per heavy atom. The van der Waals surface area contributed by atoms with Crippen molar-refractivity contribution in [3.05, 3.63) is 129 Å². The molecule has 1 saturated carbocycles. The Labute approximate surface area is 453 Å². The minimum absolute atomic E-state index is 0.0936. The number of likely N-dealkylation sites (tertiary alicyclic amines) is 1. The van der Waals surface area contributed by atoms with Crippen molar-refractivity contribution in [1.29, 1.82) is 0 Å². The van der Waals surface area contributed by atoms with Crippen molar-refractivity contribution >= 4 is 56.8 Å². The molecule has 12 nitrogen and oxygen atoms in total. The molecule has 4 N–H and O–H groups in total. The molecular formula is C63H78ClN7O5. The van der Waals surface area contributed by atoms with Gasteiger partial charge in [-0.3, -0.25) is 24.1 Å². The number of carbonyl (C=O) groups excluding carboxylic acids is 4. The summed E-state index contributed by atoms with van der Waals surface area (Å²) in [5.41, 5.74) is 6.18. The molecule has 0 radical (unpaired) electrons. The Hall–Kier alpha value is -5.37. The van der Waals surface area contributed by atoms with Crippen LogP contribution in [-0.4, -0.2) is 100 Å². The van der Waals surface area contributed by atoms with Gasteiger partial charge in [-0.2, -0.15) is 0 Å². The first-order valence-electron chi connectivity index (χ1n) is 29.0. The standard InChI is InChI=1S/C29H34N4O2.C16H9ClN2O2.C14H27N.C4H8O/c34-28-21-6-1-2-7-22(21)29(35)26-23(28)8-9-24-27(26)32-25(31-24)18-33-16-12-20(13-17-33)5-3-4-19-10-14-30-15-11-19;17-7-12-18-11-6-5-10-13(14(11)19-12)16(21)9-4-2-1-3-8(9)15(10)20;1-2-5-13(6-3-1)7-4-8-14-9-11-15-12-10-14;1-2-4-5-3-1/h1-2,6-9,19-20,30H,3-5,10-18H2,(H,31,32);1-6H,7H2,(H,18,19);13-15H,1-12H2;1-4H2. The third-order valence-electron chi connectivity index (χ3n) is 17.3. The molecule has 6 aromatic rings. The minimum Gasteiger partial charge on any atom is -0.381 e. The molecule has 0 amide bonds. The van der Waals surface area contributed by atoms with Crippen molar-refractivity contribution in [2.24, 2.45) is 23.7 Å². The highest BCUT2D eigenvalue weighted by Gasteiger charge is 2.34. The maximum absolute atomic E-state index is 13.3. The van der Waals surface area contributed by atoms with Gasteiger partial charge >= 0.3 is 0 Å². The van der Waals surface area contributed by atoms with E-state index in [0.29, 0.717) is 66.9 Å². The van der Waals surface area contributed by atoms with Gasteiger partial charge in [-0.05, 0) is 139 Å². The Morgan fingerprint density at radius 2 is 0.895 bits per heavy atom. The second kappa shape index (κ2) is 26.3. The molecule has 0 unspecified atom stereocenters. The van der Waals surface area contributed by atoms with E-state index in [1.807, 2.05) is 12.1 Å². The number of piperidine rings is 3. The lowest BCUT2D eigenvalue weighted by Crippen LogP contribution is -2.33. The number of H-pyrrole nitrogens is 2. The van der Waals surface area contributed by atoms with Crippen LogP contribution in [0.3, 0.4) is 0 Å². The smallest absolute Gasteiger partial charge is 0.196 e. The van der Waals surface area contributed by atoms with E-state index in [0.717, 1.165) is 67.9 Å². The van der Waals surface area contributed by atoms with E-state index < -0.39 is 0 Å². The second-order valence-corrected chi connectivity index (χ2v) is 22.7. The van der Waals surface area contributed by atoms with E-state index in [1.54, 1.807) is 60.7 Å². The summed E-state index contributed by atoms with van der Waals surface area (Å²) in [5, 5.41) is 6.92. The number of hydrogen-bond acceptors (Lipinski definition) is 10. The molecule has 4 aromatic carbocycles. The first-order chi connectivity index (χ1) is 37.3. The highest BCUT2D eigenvalue weighted by atomic mass is 35.5. The number of rotatable bonds is 11. The molecule has 3 aliphatic carbocycles. The molecule has 13 heteroatoms. The molecule has 0 bridgehead atoms. The van der Waals surface area contributed by atoms with Gasteiger partial charge in [0.25, 0.3) is 0 Å². The van der Waals surface area contributed by atoms with Crippen LogP contribution in [0.25, 0.3) is 22.1 Å². The molecule has 2 aromatic heterocycles. The Balaban J connectivity index is 0.000000135. The highest BCUT2D eigenvalue weighted by Crippen LogP contribution is 2.35. The lowest BCUT2D eigenvalue weighted by molar-refractivity contribution is 0.0980. The fourth-order valence-corrected chi connectivity index (χ4v) is 13.0. The minimum atomic E-state index is -0.168. The van der Waals surface area contributed by atoms with Gasteiger partial charge in [0.15, 0.2) is 23.1 Å². The lowest BCUT2D eigenvalue weighted by Gasteiger charge is -2.31. The zero-order chi connectivity index (χ0) is 52.2. The Bertz CT molecular complexity index is 2930. The van der Waals surface area contributed by atoms with E-state index in [2.05, 4.69) is 30.5 Å². The number of benzene rings is 4. The second-order valence-electron chi connectivity index (χ2n) is 22.5. The van der Waals surface area contributed by atoms with Gasteiger partial charge in [-0.1, -0.05) is 119 Å². The maximum Gasteiger partial charge on any atom is 0.196 e. The fraction of sp³-hybridized carbons (Fsp3) is 0.524. The summed E-state index contributed by atoms with van der Waals surface area (Å²) in [6.07, 6.45) is 26.9. The number of ether oxygens (including phenoxy) is 1. The monoisotopic (exact) mass is 1050 g/mol. The van der Waals surface area contributed by atoms with Crippen molar-refractivity contribution in [2.75, 3.05) is 52.5 Å². The largest absolute Gasteiger partial charge is 0.381 e. The average Bonchev–Trinajstić information content (AvgIpc) is 4.42.